The highest BCUT2D eigenvalue weighted by atomic mass is 35.5. The van der Waals surface area contributed by atoms with Gasteiger partial charge in [-0.15, -0.1) is 0 Å². The summed E-state index contributed by atoms with van der Waals surface area (Å²) >= 11 is 5.65. The fourth-order valence-electron chi connectivity index (χ4n) is 1.68. The summed E-state index contributed by atoms with van der Waals surface area (Å²) in [6.45, 7) is 0. The maximum Gasteiger partial charge on any atom is 0.371 e. The summed E-state index contributed by atoms with van der Waals surface area (Å²) in [6.07, 6.45) is 0. The molecular weight excluding hydrogens is 286 g/mol. The first-order valence-corrected chi connectivity index (χ1v) is 6.09. The van der Waals surface area contributed by atoms with Crippen LogP contribution >= 0.6 is 11.6 Å². The number of hydrogen-bond donors (Lipinski definition) is 0. The van der Waals surface area contributed by atoms with Crippen LogP contribution in [-0.4, -0.2) is 17.5 Å². The first kappa shape index (κ1) is 14.3. The van der Waals surface area contributed by atoms with Crippen molar-refractivity contribution in [1.82, 2.24) is 0 Å². The normalized spacial score (nSPS) is 11.2. The van der Waals surface area contributed by atoms with Crippen LogP contribution in [0.2, 0.25) is 5.02 Å². The summed E-state index contributed by atoms with van der Waals surface area (Å²) in [7, 11) is 0. The van der Waals surface area contributed by atoms with Crippen LogP contribution in [0.3, 0.4) is 0 Å². The van der Waals surface area contributed by atoms with Crippen molar-refractivity contribution in [2.75, 3.05) is 0 Å². The molecule has 2 nitrogen and oxygen atoms in total. The molecule has 0 fully saturated rings. The Bertz CT molecular complexity index is 654. The van der Waals surface area contributed by atoms with Crippen LogP contribution < -0.4 is 0 Å². The van der Waals surface area contributed by atoms with Gasteiger partial charge < -0.3 is 0 Å². The van der Waals surface area contributed by atoms with Crippen molar-refractivity contribution in [3.63, 3.8) is 0 Å². The average molecular weight is 295 g/mol. The Morgan fingerprint density at radius 1 is 0.850 bits per heavy atom. The number of hydrogen-bond acceptors (Lipinski definition) is 2. The van der Waals surface area contributed by atoms with Crippen molar-refractivity contribution in [2.45, 2.75) is 5.92 Å². The lowest BCUT2D eigenvalue weighted by molar-refractivity contribution is 0.0147. The first-order valence-electron chi connectivity index (χ1n) is 5.71. The number of ketones is 2. The Morgan fingerprint density at radius 3 is 2.00 bits per heavy atom. The molecule has 0 atom stereocenters. The molecule has 2 aromatic rings. The number of carbonyl (C=O) groups excluding carboxylic acids is 2. The highest BCUT2D eigenvalue weighted by Gasteiger charge is 2.47. The molecule has 0 spiro atoms. The number of rotatable bonds is 4. The molecule has 102 valence electrons. The molecule has 0 aromatic heterocycles. The van der Waals surface area contributed by atoms with Gasteiger partial charge in [-0.3, -0.25) is 9.59 Å². The molecule has 0 N–H and O–H groups in total. The maximum atomic E-state index is 14.0. The Balaban J connectivity index is 2.35. The summed E-state index contributed by atoms with van der Waals surface area (Å²) in [4.78, 5) is 23.6. The quantitative estimate of drug-likeness (QED) is 0.630. The second kappa shape index (κ2) is 5.51. The molecule has 5 heteroatoms. The van der Waals surface area contributed by atoms with Crippen LogP contribution in [0.1, 0.15) is 20.7 Å². The van der Waals surface area contributed by atoms with Gasteiger partial charge in [0, 0.05) is 16.1 Å². The van der Waals surface area contributed by atoms with E-state index >= 15 is 0 Å². The molecule has 2 aromatic carbocycles. The van der Waals surface area contributed by atoms with Crippen LogP contribution in [0.4, 0.5) is 8.78 Å². The van der Waals surface area contributed by atoms with E-state index < -0.39 is 17.5 Å². The zero-order valence-corrected chi connectivity index (χ0v) is 10.9. The van der Waals surface area contributed by atoms with E-state index in [0.29, 0.717) is 0 Å². The van der Waals surface area contributed by atoms with E-state index in [2.05, 4.69) is 0 Å². The number of Topliss-reactive ketones (excluding diaryl/α,β-unsaturated/α-hetero) is 2. The number of halogens is 3. The monoisotopic (exact) mass is 294 g/mol. The van der Waals surface area contributed by atoms with E-state index in [-0.39, 0.29) is 16.1 Å². The van der Waals surface area contributed by atoms with Gasteiger partial charge in [-0.05, 0) is 12.1 Å². The minimum absolute atomic E-state index is 0.152. The van der Waals surface area contributed by atoms with Crippen molar-refractivity contribution in [3.05, 3.63) is 70.7 Å². The third-order valence-electron chi connectivity index (χ3n) is 2.69. The minimum atomic E-state index is -4.12. The van der Waals surface area contributed by atoms with Gasteiger partial charge in [0.15, 0.2) is 0 Å². The average Bonchev–Trinajstić information content (AvgIpc) is 2.46. The first-order chi connectivity index (χ1) is 9.43. The molecule has 0 aliphatic carbocycles. The van der Waals surface area contributed by atoms with Crippen molar-refractivity contribution in [1.29, 1.82) is 0 Å². The maximum absolute atomic E-state index is 14.0. The molecule has 0 saturated carbocycles. The van der Waals surface area contributed by atoms with E-state index in [0.717, 1.165) is 6.07 Å². The van der Waals surface area contributed by atoms with Crippen LogP contribution in [0, 0.1) is 0 Å². The smallest absolute Gasteiger partial charge is 0.287 e. The Morgan fingerprint density at radius 2 is 1.40 bits per heavy atom. The van der Waals surface area contributed by atoms with Gasteiger partial charge in [-0.1, -0.05) is 54.1 Å². The van der Waals surface area contributed by atoms with Gasteiger partial charge in [-0.2, -0.15) is 8.78 Å². The zero-order chi connectivity index (χ0) is 14.8. The Kier molecular flexibility index (Phi) is 3.95. The number of alkyl halides is 2. The van der Waals surface area contributed by atoms with Crippen LogP contribution in [0.5, 0.6) is 0 Å². The summed E-state index contributed by atoms with van der Waals surface area (Å²) < 4.78 is 27.9. The van der Waals surface area contributed by atoms with Crippen molar-refractivity contribution in [2.24, 2.45) is 0 Å². The van der Waals surface area contributed by atoms with Crippen LogP contribution in [0.15, 0.2) is 54.6 Å². The molecule has 0 amide bonds. The van der Waals surface area contributed by atoms with Gasteiger partial charge in [0.05, 0.1) is 0 Å². The van der Waals surface area contributed by atoms with E-state index in [1.165, 1.54) is 42.5 Å². The van der Waals surface area contributed by atoms with Crippen LogP contribution in [-0.2, 0) is 0 Å². The van der Waals surface area contributed by atoms with Crippen molar-refractivity contribution < 1.29 is 18.4 Å². The fraction of sp³-hybridized carbons (Fsp3) is 0.0667. The summed E-state index contributed by atoms with van der Waals surface area (Å²) in [5.74, 6) is -7.21. The van der Waals surface area contributed by atoms with E-state index in [4.69, 9.17) is 11.6 Å². The Labute approximate surface area is 119 Å². The zero-order valence-electron chi connectivity index (χ0n) is 10.1. The van der Waals surface area contributed by atoms with E-state index in [1.807, 2.05) is 0 Å². The van der Waals surface area contributed by atoms with Gasteiger partial charge in [0.1, 0.15) is 0 Å². The highest BCUT2D eigenvalue weighted by molar-refractivity contribution is 6.31. The molecule has 0 bridgehead atoms. The Hall–Kier alpha value is -2.07. The molecule has 0 heterocycles. The van der Waals surface area contributed by atoms with E-state index in [1.54, 1.807) is 6.07 Å². The SMILES string of the molecule is O=C(c1ccccc1)C(F)(F)C(=O)c1cccc(Cl)c1. The van der Waals surface area contributed by atoms with Gasteiger partial charge in [0.25, 0.3) is 0 Å². The number of carbonyl (C=O) groups is 2. The van der Waals surface area contributed by atoms with E-state index in [9.17, 15) is 18.4 Å². The molecule has 0 saturated heterocycles. The lowest BCUT2D eigenvalue weighted by atomic mass is 9.98. The molecule has 0 unspecified atom stereocenters. The highest BCUT2D eigenvalue weighted by Crippen LogP contribution is 2.26. The largest absolute Gasteiger partial charge is 0.371 e. The molecular formula is C15H9ClF2O2. The molecule has 2 rings (SSSR count). The molecule has 0 aliphatic rings. The third kappa shape index (κ3) is 2.75. The summed E-state index contributed by atoms with van der Waals surface area (Å²) in [5, 5.41) is 0.152. The van der Waals surface area contributed by atoms with Gasteiger partial charge >= 0.3 is 5.92 Å². The van der Waals surface area contributed by atoms with Gasteiger partial charge in [0.2, 0.25) is 11.6 Å². The predicted octanol–water partition coefficient (Wildman–Crippen LogP) is 4.04. The minimum Gasteiger partial charge on any atom is -0.287 e. The van der Waals surface area contributed by atoms with Crippen LogP contribution in [0.25, 0.3) is 0 Å². The predicted molar refractivity (Wildman–Crippen MR) is 71.5 cm³/mol. The molecule has 0 aliphatic heterocycles. The third-order valence-corrected chi connectivity index (χ3v) is 2.93. The lowest BCUT2D eigenvalue weighted by Crippen LogP contribution is -2.38. The summed E-state index contributed by atoms with van der Waals surface area (Å²) in [5.41, 5.74) is -0.514. The van der Waals surface area contributed by atoms with Gasteiger partial charge in [-0.25, -0.2) is 0 Å². The van der Waals surface area contributed by atoms with Crippen molar-refractivity contribution in [3.8, 4) is 0 Å². The second-order valence-corrected chi connectivity index (χ2v) is 4.55. The summed E-state index contributed by atoms with van der Waals surface area (Å²) in [6, 6.07) is 12.1. The standard InChI is InChI=1S/C15H9ClF2O2/c16-12-8-4-7-11(9-12)14(20)15(17,18)13(19)10-5-2-1-3-6-10/h1-9H. The molecule has 0 radical (unpaired) electrons. The lowest BCUT2D eigenvalue weighted by Gasteiger charge is -2.14. The molecule has 20 heavy (non-hydrogen) atoms. The second-order valence-electron chi connectivity index (χ2n) is 4.11. The van der Waals surface area contributed by atoms with Crippen molar-refractivity contribution >= 4 is 23.2 Å². The fourth-order valence-corrected chi connectivity index (χ4v) is 1.88. The number of benzene rings is 2. The topological polar surface area (TPSA) is 34.1 Å².